The maximum absolute atomic E-state index is 5.43. The predicted octanol–water partition coefficient (Wildman–Crippen LogP) is 12.9. The van der Waals surface area contributed by atoms with Gasteiger partial charge in [-0.3, -0.25) is 4.98 Å². The Bertz CT molecular complexity index is 3250. The Kier molecular flexibility index (Phi) is 6.82. The summed E-state index contributed by atoms with van der Waals surface area (Å²) in [4.78, 5) is 20.5. The number of hydrogen-bond acceptors (Lipinski definition) is 4. The zero-order chi connectivity index (χ0) is 35.6. The highest BCUT2D eigenvalue weighted by molar-refractivity contribution is 6.31. The number of hydrogen-bond donors (Lipinski definition) is 0. The zero-order valence-corrected chi connectivity index (χ0v) is 29.1. The van der Waals surface area contributed by atoms with E-state index in [0.29, 0.717) is 0 Å². The maximum atomic E-state index is 5.43. The van der Waals surface area contributed by atoms with Crippen molar-refractivity contribution in [2.45, 2.75) is 0 Å². The number of fused-ring (bicyclic) bond motifs is 11. The molecule has 0 aliphatic rings. The summed E-state index contributed by atoms with van der Waals surface area (Å²) in [5, 5.41) is 10.6. The molecule has 4 heteroatoms. The normalized spacial score (nSPS) is 11.7. The van der Waals surface area contributed by atoms with Gasteiger partial charge >= 0.3 is 0 Å². The van der Waals surface area contributed by atoms with Crippen LogP contribution < -0.4 is 0 Å². The summed E-state index contributed by atoms with van der Waals surface area (Å²) >= 11 is 0. The molecule has 7 aromatic carbocycles. The SMILES string of the molecule is c1ccc(-c2ccc3ccc4ccc(-c5ccc(-c6ccc(-c7nc8c9ccccc9c9ccccc9c8c8ccccc78)cc6)nc5)nc4c3n2)cc1. The molecule has 0 fully saturated rings. The minimum atomic E-state index is 0.867. The maximum Gasteiger partial charge on any atom is 0.0972 e. The van der Waals surface area contributed by atoms with E-state index in [1.807, 2.05) is 24.4 Å². The van der Waals surface area contributed by atoms with Gasteiger partial charge in [0.15, 0.2) is 0 Å². The third-order valence-corrected chi connectivity index (χ3v) is 10.7. The minimum absolute atomic E-state index is 0.867. The Balaban J connectivity index is 0.963. The van der Waals surface area contributed by atoms with Crippen molar-refractivity contribution in [3.8, 4) is 45.0 Å². The summed E-state index contributed by atoms with van der Waals surface area (Å²) < 4.78 is 0. The van der Waals surface area contributed by atoms with Gasteiger partial charge in [0.05, 0.1) is 39.3 Å². The molecule has 0 bridgehead atoms. The Labute approximate surface area is 311 Å². The Hall–Kier alpha value is -7.30. The lowest BCUT2D eigenvalue weighted by Crippen LogP contribution is -1.93. The van der Waals surface area contributed by atoms with E-state index in [1.165, 1.54) is 32.3 Å². The molecule has 0 saturated carbocycles. The van der Waals surface area contributed by atoms with E-state index in [1.54, 1.807) is 0 Å². The molecule has 11 rings (SSSR count). The molecule has 0 unspecified atom stereocenters. The molecule has 0 saturated heterocycles. The van der Waals surface area contributed by atoms with Crippen LogP contribution in [0.5, 0.6) is 0 Å². The summed E-state index contributed by atoms with van der Waals surface area (Å²) in [6, 6.07) is 61.7. The van der Waals surface area contributed by atoms with Crippen LogP contribution in [0.1, 0.15) is 0 Å². The second-order valence-electron chi connectivity index (χ2n) is 13.8. The number of aromatic nitrogens is 4. The van der Waals surface area contributed by atoms with Gasteiger partial charge in [-0.25, -0.2) is 15.0 Å². The van der Waals surface area contributed by atoms with Gasteiger partial charge in [0.25, 0.3) is 0 Å². The van der Waals surface area contributed by atoms with Gasteiger partial charge in [0.1, 0.15) is 0 Å². The van der Waals surface area contributed by atoms with Crippen LogP contribution in [-0.4, -0.2) is 19.9 Å². The van der Waals surface area contributed by atoms with Crippen LogP contribution in [0.3, 0.4) is 0 Å². The second kappa shape index (κ2) is 12.1. The molecule has 54 heavy (non-hydrogen) atoms. The smallest absolute Gasteiger partial charge is 0.0972 e. The molecule has 11 aromatic rings. The van der Waals surface area contributed by atoms with Crippen molar-refractivity contribution >= 4 is 65.0 Å². The third kappa shape index (κ3) is 4.85. The molecule has 4 nitrogen and oxygen atoms in total. The van der Waals surface area contributed by atoms with Gasteiger partial charge in [-0.05, 0) is 45.8 Å². The van der Waals surface area contributed by atoms with Gasteiger partial charge in [0, 0.05) is 55.4 Å². The van der Waals surface area contributed by atoms with Crippen molar-refractivity contribution < 1.29 is 0 Å². The van der Waals surface area contributed by atoms with Gasteiger partial charge in [-0.2, -0.15) is 0 Å². The number of nitrogens with zero attached hydrogens (tertiary/aromatic N) is 4. The second-order valence-corrected chi connectivity index (χ2v) is 13.8. The number of benzene rings is 7. The summed E-state index contributed by atoms with van der Waals surface area (Å²) in [5.74, 6) is 0. The van der Waals surface area contributed by atoms with Crippen molar-refractivity contribution in [3.05, 3.63) is 182 Å². The molecule has 0 spiro atoms. The largest absolute Gasteiger partial charge is 0.256 e. The molecule has 0 radical (unpaired) electrons. The lowest BCUT2D eigenvalue weighted by molar-refractivity contribution is 1.30. The first-order chi connectivity index (χ1) is 26.8. The van der Waals surface area contributed by atoms with Crippen molar-refractivity contribution in [1.29, 1.82) is 0 Å². The van der Waals surface area contributed by atoms with Crippen LogP contribution in [0.4, 0.5) is 0 Å². The van der Waals surface area contributed by atoms with Crippen molar-refractivity contribution in [2.75, 3.05) is 0 Å². The summed E-state index contributed by atoms with van der Waals surface area (Å²) in [5.41, 5.74) is 10.7. The lowest BCUT2D eigenvalue weighted by atomic mass is 9.92. The van der Waals surface area contributed by atoms with E-state index in [-0.39, 0.29) is 0 Å². The molecule has 0 amide bonds. The van der Waals surface area contributed by atoms with E-state index in [4.69, 9.17) is 19.9 Å². The average Bonchev–Trinajstić information content (AvgIpc) is 3.26. The first-order valence-corrected chi connectivity index (χ1v) is 18.2. The molecule has 0 N–H and O–H groups in total. The fourth-order valence-electron chi connectivity index (χ4n) is 8.02. The van der Waals surface area contributed by atoms with Crippen LogP contribution in [0.2, 0.25) is 0 Å². The van der Waals surface area contributed by atoms with Crippen LogP contribution >= 0.6 is 0 Å². The first kappa shape index (κ1) is 30.3. The van der Waals surface area contributed by atoms with E-state index < -0.39 is 0 Å². The first-order valence-electron chi connectivity index (χ1n) is 18.2. The van der Waals surface area contributed by atoms with Gasteiger partial charge < -0.3 is 0 Å². The summed E-state index contributed by atoms with van der Waals surface area (Å²) in [7, 11) is 0. The fraction of sp³-hybridized carbons (Fsp3) is 0. The predicted molar refractivity (Wildman–Crippen MR) is 224 cm³/mol. The van der Waals surface area contributed by atoms with Crippen LogP contribution in [0.25, 0.3) is 110 Å². The molecule has 0 atom stereocenters. The Morgan fingerprint density at radius 1 is 0.278 bits per heavy atom. The topological polar surface area (TPSA) is 51.6 Å². The van der Waals surface area contributed by atoms with Crippen LogP contribution in [0, 0.1) is 0 Å². The standard InChI is InChI=1S/C50H30N4/c1-2-10-31(11-3-1)44-28-24-34-22-23-35-25-29-45(53-49(35)48(34)52-44)36-26-27-43(51-30-36)32-18-20-33(21-19-32)47-42-17-9-7-15-40(42)46-39-14-6-4-12-37(39)38-13-5-8-16-41(38)50(46)54-47/h1-30H. The molecule has 4 heterocycles. The zero-order valence-electron chi connectivity index (χ0n) is 29.1. The molecular weight excluding hydrogens is 657 g/mol. The van der Waals surface area contributed by atoms with Gasteiger partial charge in [-0.15, -0.1) is 0 Å². The van der Waals surface area contributed by atoms with E-state index in [0.717, 1.165) is 77.7 Å². The number of pyridine rings is 4. The van der Waals surface area contributed by atoms with Crippen molar-refractivity contribution in [1.82, 2.24) is 19.9 Å². The van der Waals surface area contributed by atoms with E-state index in [9.17, 15) is 0 Å². The highest BCUT2D eigenvalue weighted by Crippen LogP contribution is 2.41. The molecule has 0 aliphatic carbocycles. The summed E-state index contributed by atoms with van der Waals surface area (Å²) in [6.45, 7) is 0. The highest BCUT2D eigenvalue weighted by atomic mass is 14.8. The van der Waals surface area contributed by atoms with Crippen molar-refractivity contribution in [2.24, 2.45) is 0 Å². The van der Waals surface area contributed by atoms with E-state index >= 15 is 0 Å². The average molecular weight is 687 g/mol. The van der Waals surface area contributed by atoms with Gasteiger partial charge in [0.2, 0.25) is 0 Å². The van der Waals surface area contributed by atoms with Gasteiger partial charge in [-0.1, -0.05) is 152 Å². The Morgan fingerprint density at radius 3 is 1.39 bits per heavy atom. The molecule has 4 aromatic heterocycles. The van der Waals surface area contributed by atoms with E-state index in [2.05, 4.69) is 158 Å². The third-order valence-electron chi connectivity index (χ3n) is 10.7. The summed E-state index contributed by atoms with van der Waals surface area (Å²) in [6.07, 6.45) is 1.92. The minimum Gasteiger partial charge on any atom is -0.256 e. The highest BCUT2D eigenvalue weighted by Gasteiger charge is 2.17. The Morgan fingerprint density at radius 2 is 0.741 bits per heavy atom. The van der Waals surface area contributed by atoms with Crippen LogP contribution in [-0.2, 0) is 0 Å². The molecule has 0 aliphatic heterocycles. The molecular formula is C50H30N4. The molecule has 250 valence electrons. The van der Waals surface area contributed by atoms with Crippen molar-refractivity contribution in [3.63, 3.8) is 0 Å². The lowest BCUT2D eigenvalue weighted by Gasteiger charge is -2.15. The fourth-order valence-corrected chi connectivity index (χ4v) is 8.02. The number of rotatable bonds is 4. The van der Waals surface area contributed by atoms with Crippen LogP contribution in [0.15, 0.2) is 182 Å². The quantitative estimate of drug-likeness (QED) is 0.173. The monoisotopic (exact) mass is 686 g/mol.